The molecule has 0 spiro atoms. The maximum atomic E-state index is 14.3. The van der Waals surface area contributed by atoms with Gasteiger partial charge in [-0.1, -0.05) is 49.6 Å². The van der Waals surface area contributed by atoms with Crippen molar-refractivity contribution in [1.29, 1.82) is 0 Å². The first-order valence-electron chi connectivity index (χ1n) is 18.0. The van der Waals surface area contributed by atoms with Gasteiger partial charge in [-0.3, -0.25) is 19.3 Å². The van der Waals surface area contributed by atoms with Gasteiger partial charge in [0.2, 0.25) is 11.8 Å². The van der Waals surface area contributed by atoms with Crippen molar-refractivity contribution in [3.8, 4) is 0 Å². The molecule has 1 saturated carbocycles. The Morgan fingerprint density at radius 2 is 1.75 bits per heavy atom. The second-order valence-electron chi connectivity index (χ2n) is 15.8. The van der Waals surface area contributed by atoms with Crippen molar-refractivity contribution < 1.29 is 32.6 Å². The fraction of sp³-hybridized carbons (Fsp3) is 0.676. The van der Waals surface area contributed by atoms with Crippen LogP contribution in [0.1, 0.15) is 91.3 Å². The van der Waals surface area contributed by atoms with E-state index in [-0.39, 0.29) is 19.1 Å². The number of benzene rings is 1. The number of rotatable bonds is 15. The van der Waals surface area contributed by atoms with Crippen LogP contribution in [0.15, 0.2) is 35.7 Å². The standard InChI is InChI=1S/C37H57N5O7S2/c1-24(43)49-22-28-23-50-35(38-28)40-32(37(5,6)51(7,47)48)34(46)39-29(18-17-25-13-9-8-10-14-25)31(44)21-42-20-27-16-12-11-15-26(27)19-30(42)33(45)41-36(2,3)4/h8-10,13-14,23,26-27,29-32,44H,11-12,15-22H2,1-7H3,(H,38,40)(H,39,46)(H,41,45)/t26-,27+,29-,30-,31+,32+/m0/s1. The van der Waals surface area contributed by atoms with Crippen molar-refractivity contribution in [1.82, 2.24) is 20.5 Å². The molecular weight excluding hydrogens is 691 g/mol. The lowest BCUT2D eigenvalue weighted by atomic mass is 9.72. The van der Waals surface area contributed by atoms with Crippen LogP contribution >= 0.6 is 11.3 Å². The van der Waals surface area contributed by atoms with Gasteiger partial charge >= 0.3 is 5.97 Å². The highest BCUT2D eigenvalue weighted by Crippen LogP contribution is 2.39. The number of nitrogens with zero attached hydrogens (tertiary/aromatic N) is 2. The number of amides is 2. The monoisotopic (exact) mass is 747 g/mol. The predicted octanol–water partition coefficient (Wildman–Crippen LogP) is 4.08. The third kappa shape index (κ3) is 11.5. The zero-order valence-electron chi connectivity index (χ0n) is 31.1. The minimum absolute atomic E-state index is 0.0551. The van der Waals surface area contributed by atoms with Gasteiger partial charge in [-0.25, -0.2) is 13.4 Å². The minimum atomic E-state index is -3.79. The Labute approximate surface area is 307 Å². The molecule has 0 bridgehead atoms. The molecule has 1 saturated heterocycles. The van der Waals surface area contributed by atoms with Crippen molar-refractivity contribution in [2.24, 2.45) is 11.8 Å². The van der Waals surface area contributed by atoms with E-state index in [9.17, 15) is 27.9 Å². The molecule has 6 atom stereocenters. The van der Waals surface area contributed by atoms with Gasteiger partial charge in [-0.15, -0.1) is 11.3 Å². The Hall–Kier alpha value is -3.07. The molecule has 4 rings (SSSR count). The Bertz CT molecular complexity index is 1590. The number of ether oxygens (including phenoxy) is 1. The highest BCUT2D eigenvalue weighted by atomic mass is 32.2. The largest absolute Gasteiger partial charge is 0.459 e. The van der Waals surface area contributed by atoms with Gasteiger partial charge in [0, 0.05) is 37.2 Å². The van der Waals surface area contributed by atoms with Gasteiger partial charge in [0.1, 0.15) is 12.6 Å². The molecule has 284 valence electrons. The number of thiazole rings is 1. The number of carbonyl (C=O) groups is 3. The van der Waals surface area contributed by atoms with Crippen LogP contribution in [0.4, 0.5) is 5.13 Å². The molecule has 0 unspecified atom stereocenters. The van der Waals surface area contributed by atoms with Crippen molar-refractivity contribution in [2.45, 2.75) is 128 Å². The quantitative estimate of drug-likeness (QED) is 0.195. The summed E-state index contributed by atoms with van der Waals surface area (Å²) < 4.78 is 29.6. The van der Waals surface area contributed by atoms with E-state index in [0.717, 1.165) is 48.8 Å². The van der Waals surface area contributed by atoms with Crippen molar-refractivity contribution in [3.63, 3.8) is 0 Å². The van der Waals surface area contributed by atoms with Crippen molar-refractivity contribution >= 4 is 44.1 Å². The maximum absolute atomic E-state index is 14.3. The molecule has 4 N–H and O–H groups in total. The van der Waals surface area contributed by atoms with Gasteiger partial charge in [-0.05, 0) is 77.7 Å². The maximum Gasteiger partial charge on any atom is 0.303 e. The summed E-state index contributed by atoms with van der Waals surface area (Å²) in [4.78, 5) is 45.8. The number of piperidine rings is 1. The highest BCUT2D eigenvalue weighted by molar-refractivity contribution is 7.92. The topological polar surface area (TPSA) is 167 Å². The van der Waals surface area contributed by atoms with Crippen LogP contribution in [0.5, 0.6) is 0 Å². The average molecular weight is 748 g/mol. The van der Waals surface area contributed by atoms with Crippen LogP contribution in [0.3, 0.4) is 0 Å². The first-order valence-corrected chi connectivity index (χ1v) is 20.7. The van der Waals surface area contributed by atoms with E-state index in [1.807, 2.05) is 51.1 Å². The van der Waals surface area contributed by atoms with Crippen LogP contribution in [-0.4, -0.2) is 95.1 Å². The summed E-state index contributed by atoms with van der Waals surface area (Å²) in [6.07, 6.45) is 6.20. The molecule has 1 aliphatic carbocycles. The number of aromatic nitrogens is 1. The molecule has 1 aromatic heterocycles. The second-order valence-corrected chi connectivity index (χ2v) is 19.3. The number of nitrogens with one attached hydrogen (secondary N) is 3. The molecule has 1 aliphatic heterocycles. The summed E-state index contributed by atoms with van der Waals surface area (Å²) in [7, 11) is -3.79. The van der Waals surface area contributed by atoms with Crippen molar-refractivity contribution in [2.75, 3.05) is 24.7 Å². The lowest BCUT2D eigenvalue weighted by Crippen LogP contribution is -2.62. The van der Waals surface area contributed by atoms with Gasteiger partial charge in [0.25, 0.3) is 0 Å². The Morgan fingerprint density at radius 1 is 1.08 bits per heavy atom. The predicted molar refractivity (Wildman–Crippen MR) is 200 cm³/mol. The molecule has 1 aromatic carbocycles. The summed E-state index contributed by atoms with van der Waals surface area (Å²) in [6.45, 7) is 10.9. The summed E-state index contributed by atoms with van der Waals surface area (Å²) in [5.41, 5.74) is 1.07. The Morgan fingerprint density at radius 3 is 2.37 bits per heavy atom. The molecule has 2 aromatic rings. The van der Waals surface area contributed by atoms with E-state index < -0.39 is 56.2 Å². The Balaban J connectivity index is 1.60. The Kier molecular flexibility index (Phi) is 13.7. The van der Waals surface area contributed by atoms with Gasteiger partial charge in [-0.2, -0.15) is 0 Å². The number of sulfone groups is 1. The first kappa shape index (κ1) is 40.7. The zero-order valence-corrected chi connectivity index (χ0v) is 32.7. The molecule has 2 aliphatic rings. The molecule has 0 radical (unpaired) electrons. The van der Waals surface area contributed by atoms with Crippen LogP contribution in [0.25, 0.3) is 0 Å². The lowest BCUT2D eigenvalue weighted by Gasteiger charge is -2.47. The van der Waals surface area contributed by atoms with E-state index in [2.05, 4.69) is 25.8 Å². The highest BCUT2D eigenvalue weighted by Gasteiger charge is 2.46. The van der Waals surface area contributed by atoms with Crippen molar-refractivity contribution in [3.05, 3.63) is 47.0 Å². The summed E-state index contributed by atoms with van der Waals surface area (Å²) in [5, 5.41) is 23.2. The van der Waals surface area contributed by atoms with Gasteiger partial charge < -0.3 is 25.8 Å². The van der Waals surface area contributed by atoms with Crippen LogP contribution < -0.4 is 16.0 Å². The first-order chi connectivity index (χ1) is 23.8. The minimum Gasteiger partial charge on any atom is -0.459 e. The lowest BCUT2D eigenvalue weighted by molar-refractivity contribution is -0.142. The summed E-state index contributed by atoms with van der Waals surface area (Å²) >= 11 is 1.16. The molecule has 2 fully saturated rings. The molecule has 2 heterocycles. The third-order valence-corrected chi connectivity index (χ3v) is 13.2. The fourth-order valence-electron chi connectivity index (χ4n) is 7.10. The number of anilines is 1. The smallest absolute Gasteiger partial charge is 0.303 e. The van der Waals surface area contributed by atoms with E-state index in [1.165, 1.54) is 27.2 Å². The third-order valence-electron chi connectivity index (χ3n) is 10.3. The summed E-state index contributed by atoms with van der Waals surface area (Å²) in [5.74, 6) is -0.221. The molecule has 14 heteroatoms. The number of aliphatic hydroxyl groups excluding tert-OH is 1. The average Bonchev–Trinajstić information content (AvgIpc) is 3.50. The molecular formula is C37H57N5O7S2. The number of hydrogen-bond donors (Lipinski definition) is 4. The number of fused-ring (bicyclic) bond motifs is 1. The van der Waals surface area contributed by atoms with Crippen LogP contribution in [0.2, 0.25) is 0 Å². The molecule has 51 heavy (non-hydrogen) atoms. The van der Waals surface area contributed by atoms with Gasteiger partial charge in [0.15, 0.2) is 15.0 Å². The number of β-amino-alcohol motifs (C(OH)–C–C–N with tert-alkyl or cyclic N) is 1. The van der Waals surface area contributed by atoms with E-state index in [0.29, 0.717) is 42.0 Å². The number of aliphatic hydroxyl groups is 1. The number of carbonyl (C=O) groups excluding carboxylic acids is 3. The number of aryl methyl sites for hydroxylation is 1. The second kappa shape index (κ2) is 17.2. The van der Waals surface area contributed by atoms with Gasteiger partial charge in [0.05, 0.1) is 28.6 Å². The van der Waals surface area contributed by atoms with Crippen LogP contribution in [0, 0.1) is 11.8 Å². The molecule has 2 amide bonds. The van der Waals surface area contributed by atoms with E-state index in [4.69, 9.17) is 4.74 Å². The zero-order chi connectivity index (χ0) is 37.6. The SMILES string of the molecule is CC(=O)OCc1csc(N[C@H](C(=O)N[C@@H](CCc2ccccc2)[C@H](O)CN2C[C@H]3CCCC[C@H]3C[C@H]2C(=O)NC(C)(C)C)C(C)(C)S(C)(=O)=O)n1. The van der Waals surface area contributed by atoms with E-state index in [1.54, 1.807) is 5.38 Å². The normalized spacial score (nSPS) is 21.8. The fourth-order valence-corrected chi connectivity index (χ4v) is 8.41. The van der Waals surface area contributed by atoms with E-state index >= 15 is 0 Å². The summed E-state index contributed by atoms with van der Waals surface area (Å²) in [6, 6.07) is 7.31. The van der Waals surface area contributed by atoms with Crippen LogP contribution in [-0.2, 0) is 42.0 Å². The number of esters is 1. The number of likely N-dealkylation sites (tertiary alicyclic amines) is 1. The molecule has 12 nitrogen and oxygen atoms in total. The number of hydrogen-bond acceptors (Lipinski definition) is 11.